The summed E-state index contributed by atoms with van der Waals surface area (Å²) in [7, 11) is 0. The van der Waals surface area contributed by atoms with Gasteiger partial charge in [0.1, 0.15) is 19.5 Å². The van der Waals surface area contributed by atoms with Crippen molar-refractivity contribution in [2.24, 2.45) is 0 Å². The minimum atomic E-state index is -0.220. The molecule has 0 fully saturated rings. The van der Waals surface area contributed by atoms with Crippen molar-refractivity contribution in [1.29, 1.82) is 0 Å². The highest BCUT2D eigenvalue weighted by atomic mass is 16.6. The molecule has 1 aromatic carbocycles. The summed E-state index contributed by atoms with van der Waals surface area (Å²) >= 11 is 0. The van der Waals surface area contributed by atoms with E-state index in [-0.39, 0.29) is 24.2 Å². The standard InChI is InChI=1S/C16H17N3O4/c1-10-3-4-12(11(2)7-10)8-14(20)17-16-19-18-15(23-16)13-9-21-5-6-22-13/h3-4,7,9H,5-6,8H2,1-2H3,(H,17,19,20). The lowest BCUT2D eigenvalue weighted by Gasteiger charge is -2.11. The van der Waals surface area contributed by atoms with Crippen LogP contribution in [0.25, 0.3) is 5.76 Å². The number of anilines is 1. The summed E-state index contributed by atoms with van der Waals surface area (Å²) < 4.78 is 15.8. The van der Waals surface area contributed by atoms with E-state index in [1.165, 1.54) is 6.26 Å². The average Bonchev–Trinajstić information content (AvgIpc) is 2.99. The number of rotatable bonds is 4. The normalized spacial score (nSPS) is 13.7. The van der Waals surface area contributed by atoms with Gasteiger partial charge in [0.05, 0.1) is 6.42 Å². The number of ether oxygens (including phenoxy) is 2. The quantitative estimate of drug-likeness (QED) is 0.931. The van der Waals surface area contributed by atoms with Gasteiger partial charge < -0.3 is 13.9 Å². The van der Waals surface area contributed by atoms with Gasteiger partial charge in [0.2, 0.25) is 11.7 Å². The van der Waals surface area contributed by atoms with Crippen molar-refractivity contribution in [2.45, 2.75) is 20.3 Å². The van der Waals surface area contributed by atoms with E-state index in [1.807, 2.05) is 32.0 Å². The molecular formula is C16H17N3O4. The number of hydrogen-bond acceptors (Lipinski definition) is 6. The second kappa shape index (κ2) is 6.51. The van der Waals surface area contributed by atoms with Gasteiger partial charge in [-0.05, 0) is 25.0 Å². The number of nitrogens with one attached hydrogen (secondary N) is 1. The number of carbonyl (C=O) groups is 1. The second-order valence-electron chi connectivity index (χ2n) is 5.27. The number of aromatic nitrogens is 2. The van der Waals surface area contributed by atoms with Crippen LogP contribution in [0.15, 0.2) is 28.9 Å². The van der Waals surface area contributed by atoms with Gasteiger partial charge in [-0.15, -0.1) is 5.10 Å². The zero-order chi connectivity index (χ0) is 16.2. The highest BCUT2D eigenvalue weighted by Crippen LogP contribution is 2.19. The average molecular weight is 315 g/mol. The number of benzene rings is 1. The Labute approximate surface area is 133 Å². The van der Waals surface area contributed by atoms with Crippen LogP contribution in [0.1, 0.15) is 22.6 Å². The van der Waals surface area contributed by atoms with Crippen LogP contribution in [0.3, 0.4) is 0 Å². The number of nitrogens with zero attached hydrogens (tertiary/aromatic N) is 2. The Morgan fingerprint density at radius 1 is 1.26 bits per heavy atom. The second-order valence-corrected chi connectivity index (χ2v) is 5.27. The molecule has 1 N–H and O–H groups in total. The Bertz CT molecular complexity index is 752. The number of hydrogen-bond donors (Lipinski definition) is 1. The molecule has 23 heavy (non-hydrogen) atoms. The third kappa shape index (κ3) is 3.68. The van der Waals surface area contributed by atoms with E-state index < -0.39 is 0 Å². The van der Waals surface area contributed by atoms with Gasteiger partial charge in [0.25, 0.3) is 5.89 Å². The molecule has 1 amide bonds. The molecule has 0 atom stereocenters. The largest absolute Gasteiger partial charge is 0.494 e. The Morgan fingerprint density at radius 2 is 2.13 bits per heavy atom. The van der Waals surface area contributed by atoms with Crippen molar-refractivity contribution < 1.29 is 18.7 Å². The van der Waals surface area contributed by atoms with Crippen LogP contribution >= 0.6 is 0 Å². The molecule has 0 unspecified atom stereocenters. The highest BCUT2D eigenvalue weighted by Gasteiger charge is 2.17. The Hall–Kier alpha value is -2.83. The summed E-state index contributed by atoms with van der Waals surface area (Å²) in [5.41, 5.74) is 3.19. The number of carbonyl (C=O) groups excluding carboxylic acids is 1. The summed E-state index contributed by atoms with van der Waals surface area (Å²) in [5, 5.41) is 10.2. The Kier molecular flexibility index (Phi) is 4.27. The molecule has 2 heterocycles. The van der Waals surface area contributed by atoms with Gasteiger partial charge in [-0.1, -0.05) is 28.9 Å². The SMILES string of the molecule is Cc1ccc(CC(=O)Nc2nnc(C3=COCCO3)o2)c(C)c1. The van der Waals surface area contributed by atoms with Gasteiger partial charge >= 0.3 is 6.01 Å². The first-order valence-corrected chi connectivity index (χ1v) is 7.26. The fraction of sp³-hybridized carbons (Fsp3) is 0.312. The fourth-order valence-corrected chi connectivity index (χ4v) is 2.23. The van der Waals surface area contributed by atoms with Crippen LogP contribution in [0.2, 0.25) is 0 Å². The molecule has 0 spiro atoms. The Balaban J connectivity index is 1.64. The fourth-order valence-electron chi connectivity index (χ4n) is 2.23. The lowest BCUT2D eigenvalue weighted by Crippen LogP contribution is -2.15. The van der Waals surface area contributed by atoms with Crippen molar-refractivity contribution in [3.8, 4) is 0 Å². The molecule has 1 aliphatic heterocycles. The summed E-state index contributed by atoms with van der Waals surface area (Å²) in [5.74, 6) is 0.312. The molecule has 0 saturated carbocycles. The van der Waals surface area contributed by atoms with Crippen molar-refractivity contribution in [2.75, 3.05) is 18.5 Å². The predicted octanol–water partition coefficient (Wildman–Crippen LogP) is 2.21. The van der Waals surface area contributed by atoms with Crippen molar-refractivity contribution in [3.05, 3.63) is 47.0 Å². The third-order valence-corrected chi connectivity index (χ3v) is 3.38. The molecule has 1 aromatic heterocycles. The van der Waals surface area contributed by atoms with E-state index in [9.17, 15) is 4.79 Å². The van der Waals surface area contributed by atoms with Gasteiger partial charge in [-0.3, -0.25) is 10.1 Å². The maximum absolute atomic E-state index is 12.1. The third-order valence-electron chi connectivity index (χ3n) is 3.38. The van der Waals surface area contributed by atoms with Crippen molar-refractivity contribution >= 4 is 17.7 Å². The maximum atomic E-state index is 12.1. The summed E-state index contributed by atoms with van der Waals surface area (Å²) in [6.45, 7) is 4.90. The first-order valence-electron chi connectivity index (χ1n) is 7.26. The van der Waals surface area contributed by atoms with E-state index in [0.717, 1.165) is 16.7 Å². The van der Waals surface area contributed by atoms with E-state index in [0.29, 0.717) is 19.0 Å². The molecule has 0 bridgehead atoms. The monoisotopic (exact) mass is 315 g/mol. The summed E-state index contributed by atoms with van der Waals surface area (Å²) in [6.07, 6.45) is 1.66. The van der Waals surface area contributed by atoms with E-state index in [2.05, 4.69) is 15.5 Å². The molecular weight excluding hydrogens is 298 g/mol. The first kappa shape index (κ1) is 15.1. The van der Waals surface area contributed by atoms with Crippen LogP contribution in [0, 0.1) is 13.8 Å². The maximum Gasteiger partial charge on any atom is 0.322 e. The zero-order valence-electron chi connectivity index (χ0n) is 13.0. The minimum Gasteiger partial charge on any atom is -0.494 e. The molecule has 0 saturated heterocycles. The summed E-state index contributed by atoms with van der Waals surface area (Å²) in [4.78, 5) is 12.1. The first-order chi connectivity index (χ1) is 11.1. The van der Waals surface area contributed by atoms with E-state index in [1.54, 1.807) is 0 Å². The lowest BCUT2D eigenvalue weighted by molar-refractivity contribution is -0.115. The zero-order valence-corrected chi connectivity index (χ0v) is 13.0. The number of amides is 1. The van der Waals surface area contributed by atoms with Gasteiger partial charge in [0, 0.05) is 0 Å². The molecule has 7 nitrogen and oxygen atoms in total. The van der Waals surface area contributed by atoms with Crippen LogP contribution in [0.5, 0.6) is 0 Å². The number of aryl methyl sites for hydroxylation is 2. The smallest absolute Gasteiger partial charge is 0.322 e. The van der Waals surface area contributed by atoms with E-state index in [4.69, 9.17) is 13.9 Å². The van der Waals surface area contributed by atoms with Gasteiger partial charge in [-0.2, -0.15) is 0 Å². The van der Waals surface area contributed by atoms with Gasteiger partial charge in [0.15, 0.2) is 0 Å². The Morgan fingerprint density at radius 3 is 2.87 bits per heavy atom. The molecule has 0 radical (unpaired) electrons. The van der Waals surface area contributed by atoms with Crippen LogP contribution in [-0.2, 0) is 20.7 Å². The molecule has 2 aromatic rings. The predicted molar refractivity (Wildman–Crippen MR) is 82.4 cm³/mol. The van der Waals surface area contributed by atoms with Crippen molar-refractivity contribution in [1.82, 2.24) is 10.2 Å². The summed E-state index contributed by atoms with van der Waals surface area (Å²) in [6, 6.07) is 6.00. The molecule has 7 heteroatoms. The topological polar surface area (TPSA) is 86.5 Å². The van der Waals surface area contributed by atoms with Crippen LogP contribution in [-0.4, -0.2) is 29.3 Å². The highest BCUT2D eigenvalue weighted by molar-refractivity contribution is 5.90. The molecule has 1 aliphatic rings. The molecule has 120 valence electrons. The van der Waals surface area contributed by atoms with Crippen LogP contribution in [0.4, 0.5) is 6.01 Å². The van der Waals surface area contributed by atoms with E-state index >= 15 is 0 Å². The minimum absolute atomic E-state index is 0.0323. The van der Waals surface area contributed by atoms with Crippen molar-refractivity contribution in [3.63, 3.8) is 0 Å². The molecule has 0 aliphatic carbocycles. The van der Waals surface area contributed by atoms with Gasteiger partial charge in [-0.25, -0.2) is 0 Å². The van der Waals surface area contributed by atoms with Crippen LogP contribution < -0.4 is 5.32 Å². The lowest BCUT2D eigenvalue weighted by atomic mass is 10.0. The molecule has 3 rings (SSSR count).